The molecule has 2 N–H and O–H groups in total. The standard InChI is InChI=1S/C11H12F3NO3/c1-2-8(10(16)17)15-6-3-4-9(7(12)5-6)18-11(13)14/h3-5,8,11,15H,2H2,1H3,(H,16,17). The number of halogens is 3. The third-order valence-corrected chi connectivity index (χ3v) is 2.20. The van der Waals surface area contributed by atoms with E-state index in [1.54, 1.807) is 6.92 Å². The van der Waals surface area contributed by atoms with Crippen LogP contribution in [0.2, 0.25) is 0 Å². The number of benzene rings is 1. The number of alkyl halides is 2. The number of hydrogen-bond donors (Lipinski definition) is 2. The number of aliphatic carboxylic acids is 1. The minimum Gasteiger partial charge on any atom is -0.480 e. The molecule has 0 amide bonds. The minimum absolute atomic E-state index is 0.184. The van der Waals surface area contributed by atoms with Gasteiger partial charge in [0.15, 0.2) is 11.6 Å². The van der Waals surface area contributed by atoms with E-state index in [1.165, 1.54) is 6.07 Å². The topological polar surface area (TPSA) is 58.6 Å². The Bertz CT molecular complexity index is 426. The summed E-state index contributed by atoms with van der Waals surface area (Å²) < 4.78 is 41.0. The third kappa shape index (κ3) is 3.83. The zero-order valence-electron chi connectivity index (χ0n) is 9.49. The molecule has 0 aliphatic heterocycles. The predicted octanol–water partition coefficient (Wildman–Crippen LogP) is 2.70. The number of carbonyl (C=O) groups is 1. The molecule has 1 aromatic carbocycles. The number of rotatable bonds is 6. The summed E-state index contributed by atoms with van der Waals surface area (Å²) in [4.78, 5) is 10.8. The molecule has 4 nitrogen and oxygen atoms in total. The van der Waals surface area contributed by atoms with Gasteiger partial charge in [0.1, 0.15) is 6.04 Å². The lowest BCUT2D eigenvalue weighted by Crippen LogP contribution is -2.28. The van der Waals surface area contributed by atoms with E-state index in [9.17, 15) is 18.0 Å². The van der Waals surface area contributed by atoms with Crippen LogP contribution >= 0.6 is 0 Å². The molecular formula is C11H12F3NO3. The maximum Gasteiger partial charge on any atom is 0.387 e. The van der Waals surface area contributed by atoms with Crippen LogP contribution in [-0.4, -0.2) is 23.7 Å². The lowest BCUT2D eigenvalue weighted by molar-refractivity contribution is -0.137. The first-order valence-corrected chi connectivity index (χ1v) is 5.17. The molecule has 0 saturated heterocycles. The summed E-state index contributed by atoms with van der Waals surface area (Å²) in [5, 5.41) is 11.4. The van der Waals surface area contributed by atoms with E-state index in [2.05, 4.69) is 10.1 Å². The highest BCUT2D eigenvalue weighted by Crippen LogP contribution is 2.23. The van der Waals surface area contributed by atoms with Crippen molar-refractivity contribution in [2.24, 2.45) is 0 Å². The fourth-order valence-electron chi connectivity index (χ4n) is 1.32. The van der Waals surface area contributed by atoms with Crippen molar-refractivity contribution in [3.8, 4) is 5.75 Å². The Labute approximate surface area is 101 Å². The smallest absolute Gasteiger partial charge is 0.387 e. The van der Waals surface area contributed by atoms with Crippen molar-refractivity contribution < 1.29 is 27.8 Å². The highest BCUT2D eigenvalue weighted by atomic mass is 19.3. The Morgan fingerprint density at radius 1 is 1.50 bits per heavy atom. The Hall–Kier alpha value is -1.92. The molecule has 1 rings (SSSR count). The number of anilines is 1. The summed E-state index contributed by atoms with van der Waals surface area (Å²) in [6, 6.07) is 2.32. The van der Waals surface area contributed by atoms with Gasteiger partial charge in [-0.2, -0.15) is 8.78 Å². The molecule has 1 atom stereocenters. The summed E-state index contributed by atoms with van der Waals surface area (Å²) in [6.45, 7) is -1.46. The van der Waals surface area contributed by atoms with Crippen molar-refractivity contribution in [2.75, 3.05) is 5.32 Å². The van der Waals surface area contributed by atoms with Crippen LogP contribution in [-0.2, 0) is 4.79 Å². The van der Waals surface area contributed by atoms with Crippen LogP contribution in [0.3, 0.4) is 0 Å². The van der Waals surface area contributed by atoms with E-state index >= 15 is 0 Å². The second kappa shape index (κ2) is 6.13. The molecule has 0 aromatic heterocycles. The van der Waals surface area contributed by atoms with E-state index in [-0.39, 0.29) is 5.69 Å². The van der Waals surface area contributed by atoms with Crippen LogP contribution in [0.1, 0.15) is 13.3 Å². The fourth-order valence-corrected chi connectivity index (χ4v) is 1.32. The molecule has 1 unspecified atom stereocenters. The van der Waals surface area contributed by atoms with Gasteiger partial charge in [-0.05, 0) is 18.6 Å². The van der Waals surface area contributed by atoms with Crippen molar-refractivity contribution in [3.63, 3.8) is 0 Å². The van der Waals surface area contributed by atoms with Crippen LogP contribution in [0.15, 0.2) is 18.2 Å². The first kappa shape index (κ1) is 14.1. The number of carboxylic acids is 1. The molecule has 0 saturated carbocycles. The first-order valence-electron chi connectivity index (χ1n) is 5.17. The maximum atomic E-state index is 13.3. The van der Waals surface area contributed by atoms with Crippen LogP contribution in [0.25, 0.3) is 0 Å². The van der Waals surface area contributed by atoms with Gasteiger partial charge in [0.2, 0.25) is 0 Å². The van der Waals surface area contributed by atoms with Gasteiger partial charge in [-0.1, -0.05) is 6.92 Å². The molecule has 100 valence electrons. The summed E-state index contributed by atoms with van der Waals surface area (Å²) in [7, 11) is 0. The van der Waals surface area contributed by atoms with Gasteiger partial charge in [-0.25, -0.2) is 9.18 Å². The van der Waals surface area contributed by atoms with Gasteiger partial charge in [-0.15, -0.1) is 0 Å². The van der Waals surface area contributed by atoms with Gasteiger partial charge in [0.05, 0.1) is 0 Å². The number of hydrogen-bond acceptors (Lipinski definition) is 3. The Morgan fingerprint density at radius 3 is 2.61 bits per heavy atom. The Balaban J connectivity index is 2.80. The van der Waals surface area contributed by atoms with E-state index in [0.29, 0.717) is 6.42 Å². The second-order valence-electron chi connectivity index (χ2n) is 3.47. The molecule has 7 heteroatoms. The first-order chi connectivity index (χ1) is 8.43. The van der Waals surface area contributed by atoms with Crippen LogP contribution in [0.4, 0.5) is 18.9 Å². The molecule has 0 spiro atoms. The molecule has 0 aliphatic rings. The number of nitrogens with one attached hydrogen (secondary N) is 1. The molecule has 0 aliphatic carbocycles. The molecule has 0 bridgehead atoms. The van der Waals surface area contributed by atoms with Gasteiger partial charge in [-0.3, -0.25) is 0 Å². The maximum absolute atomic E-state index is 13.3. The third-order valence-electron chi connectivity index (χ3n) is 2.20. The van der Waals surface area contributed by atoms with E-state index < -0.39 is 30.2 Å². The van der Waals surface area contributed by atoms with Crippen molar-refractivity contribution in [1.82, 2.24) is 0 Å². The molecule has 18 heavy (non-hydrogen) atoms. The number of ether oxygens (including phenoxy) is 1. The Morgan fingerprint density at radius 2 is 2.17 bits per heavy atom. The predicted molar refractivity (Wildman–Crippen MR) is 58.4 cm³/mol. The molecular weight excluding hydrogens is 251 g/mol. The van der Waals surface area contributed by atoms with Crippen molar-refractivity contribution in [1.29, 1.82) is 0 Å². The monoisotopic (exact) mass is 263 g/mol. The summed E-state index contributed by atoms with van der Waals surface area (Å²) in [5.41, 5.74) is 0.184. The van der Waals surface area contributed by atoms with Crippen LogP contribution < -0.4 is 10.1 Å². The van der Waals surface area contributed by atoms with Crippen molar-refractivity contribution >= 4 is 11.7 Å². The largest absolute Gasteiger partial charge is 0.480 e. The van der Waals surface area contributed by atoms with Crippen LogP contribution in [0.5, 0.6) is 5.75 Å². The van der Waals surface area contributed by atoms with E-state index in [0.717, 1.165) is 12.1 Å². The lowest BCUT2D eigenvalue weighted by Gasteiger charge is -2.14. The molecule has 0 fully saturated rings. The molecule has 1 aromatic rings. The quantitative estimate of drug-likeness (QED) is 0.828. The van der Waals surface area contributed by atoms with Crippen LogP contribution in [0, 0.1) is 5.82 Å². The van der Waals surface area contributed by atoms with Gasteiger partial charge < -0.3 is 15.2 Å². The number of carboxylic acid groups (broad SMARTS) is 1. The second-order valence-corrected chi connectivity index (χ2v) is 3.47. The SMILES string of the molecule is CCC(Nc1ccc(OC(F)F)c(F)c1)C(=O)O. The minimum atomic E-state index is -3.11. The average Bonchev–Trinajstić information content (AvgIpc) is 2.28. The molecule has 0 heterocycles. The summed E-state index contributed by atoms with van der Waals surface area (Å²) in [5.74, 6) is -2.65. The highest BCUT2D eigenvalue weighted by molar-refractivity contribution is 5.77. The average molecular weight is 263 g/mol. The molecule has 0 radical (unpaired) electrons. The van der Waals surface area contributed by atoms with E-state index in [1.807, 2.05) is 0 Å². The van der Waals surface area contributed by atoms with Crippen molar-refractivity contribution in [2.45, 2.75) is 26.0 Å². The normalized spacial score (nSPS) is 12.3. The Kier molecular flexibility index (Phi) is 4.82. The summed E-state index contributed by atoms with van der Waals surface area (Å²) in [6.07, 6.45) is 0.298. The van der Waals surface area contributed by atoms with Gasteiger partial charge in [0, 0.05) is 11.8 Å². The van der Waals surface area contributed by atoms with Gasteiger partial charge >= 0.3 is 12.6 Å². The highest BCUT2D eigenvalue weighted by Gasteiger charge is 2.16. The van der Waals surface area contributed by atoms with E-state index in [4.69, 9.17) is 5.11 Å². The summed E-state index contributed by atoms with van der Waals surface area (Å²) >= 11 is 0. The lowest BCUT2D eigenvalue weighted by atomic mass is 10.2. The van der Waals surface area contributed by atoms with Crippen molar-refractivity contribution in [3.05, 3.63) is 24.0 Å². The van der Waals surface area contributed by atoms with Gasteiger partial charge in [0.25, 0.3) is 0 Å². The zero-order chi connectivity index (χ0) is 13.7. The fraction of sp³-hybridized carbons (Fsp3) is 0.364. The zero-order valence-corrected chi connectivity index (χ0v) is 9.49.